The van der Waals surface area contributed by atoms with Crippen LogP contribution in [0.25, 0.3) is 11.1 Å². The summed E-state index contributed by atoms with van der Waals surface area (Å²) < 4.78 is 44.7. The van der Waals surface area contributed by atoms with Crippen molar-refractivity contribution in [3.63, 3.8) is 0 Å². The molecular weight excluding hydrogens is 769 g/mol. The van der Waals surface area contributed by atoms with Gasteiger partial charge in [-0.2, -0.15) is 4.72 Å². The van der Waals surface area contributed by atoms with Crippen molar-refractivity contribution in [3.8, 4) is 11.1 Å². The number of carbonyl (C=O) groups is 1. The maximum atomic E-state index is 13.7. The SMILES string of the molecule is Cc1ccc(S(=O)(=O)NC(Cc2ccccc2)C(=O)NCc2cccc(-c3ccc(C4OC(CSc5nccn5C)C(C)C(c5ccc(CO)cc5)O4)cc3)c2)cc1. The summed E-state index contributed by atoms with van der Waals surface area (Å²) in [5, 5.41) is 13.5. The van der Waals surface area contributed by atoms with E-state index in [-0.39, 0.29) is 42.6 Å². The lowest BCUT2D eigenvalue weighted by Crippen LogP contribution is -2.47. The van der Waals surface area contributed by atoms with E-state index in [1.54, 1.807) is 42.2 Å². The maximum absolute atomic E-state index is 13.7. The minimum Gasteiger partial charge on any atom is -0.392 e. The molecule has 5 unspecified atom stereocenters. The van der Waals surface area contributed by atoms with Crippen molar-refractivity contribution in [2.45, 2.75) is 68.0 Å². The Morgan fingerprint density at radius 1 is 0.845 bits per heavy atom. The second-order valence-corrected chi connectivity index (χ2v) is 17.4. The standard InChI is InChI=1S/C46H48N4O6S2/c1-31-12-22-40(23-13-31)58(53,54)49-41(27-33-8-5-4-6-9-33)44(52)48-28-35-10-7-11-39(26-35)36-18-20-38(21-19-36)45-55-42(30-57-46-47-24-25-50(46)3)32(2)43(56-45)37-16-14-34(29-51)15-17-37/h4-26,32,41-43,45,49,51H,27-30H2,1-3H3,(H,48,52). The second kappa shape index (κ2) is 18.7. The summed E-state index contributed by atoms with van der Waals surface area (Å²) in [5.74, 6) is 0.327. The van der Waals surface area contributed by atoms with Crippen LogP contribution in [0.5, 0.6) is 0 Å². The third kappa shape index (κ3) is 10.1. The van der Waals surface area contributed by atoms with Crippen LogP contribution in [0.2, 0.25) is 0 Å². The largest absolute Gasteiger partial charge is 0.392 e. The van der Waals surface area contributed by atoms with Crippen molar-refractivity contribution in [3.05, 3.63) is 173 Å². The summed E-state index contributed by atoms with van der Waals surface area (Å²) in [5.41, 5.74) is 7.35. The number of hydrogen-bond acceptors (Lipinski definition) is 8. The molecule has 3 N–H and O–H groups in total. The lowest BCUT2D eigenvalue weighted by molar-refractivity contribution is -0.268. The number of rotatable bonds is 15. The highest BCUT2D eigenvalue weighted by molar-refractivity contribution is 7.99. The van der Waals surface area contributed by atoms with Gasteiger partial charge in [0.15, 0.2) is 11.4 Å². The third-order valence-corrected chi connectivity index (χ3v) is 13.0. The first-order valence-electron chi connectivity index (χ1n) is 19.3. The van der Waals surface area contributed by atoms with Gasteiger partial charge in [-0.15, -0.1) is 0 Å². The number of amides is 1. The Bertz CT molecular complexity index is 2390. The highest BCUT2D eigenvalue weighted by atomic mass is 32.2. The van der Waals surface area contributed by atoms with Crippen molar-refractivity contribution in [1.82, 2.24) is 19.6 Å². The Morgan fingerprint density at radius 3 is 2.24 bits per heavy atom. The minimum absolute atomic E-state index is 0.0198. The van der Waals surface area contributed by atoms with Crippen LogP contribution in [0.1, 0.15) is 52.7 Å². The zero-order valence-electron chi connectivity index (χ0n) is 32.7. The van der Waals surface area contributed by atoms with Gasteiger partial charge in [-0.1, -0.05) is 133 Å². The lowest BCUT2D eigenvalue weighted by Gasteiger charge is -2.41. The Labute approximate surface area is 344 Å². The summed E-state index contributed by atoms with van der Waals surface area (Å²) in [6.45, 7) is 4.23. The van der Waals surface area contributed by atoms with Crippen molar-refractivity contribution in [2.24, 2.45) is 13.0 Å². The molecule has 0 radical (unpaired) electrons. The first-order chi connectivity index (χ1) is 28.1. The highest BCUT2D eigenvalue weighted by Crippen LogP contribution is 2.43. The molecule has 1 amide bonds. The molecule has 1 aromatic heterocycles. The van der Waals surface area contributed by atoms with Gasteiger partial charge in [-0.25, -0.2) is 13.4 Å². The number of ether oxygens (including phenoxy) is 2. The van der Waals surface area contributed by atoms with Crippen LogP contribution < -0.4 is 10.0 Å². The van der Waals surface area contributed by atoms with E-state index in [9.17, 15) is 18.3 Å². The Balaban J connectivity index is 1.05. The molecule has 6 aromatic rings. The average molecular weight is 817 g/mol. The molecule has 0 bridgehead atoms. The molecule has 1 aliphatic rings. The fourth-order valence-corrected chi connectivity index (χ4v) is 9.26. The molecule has 1 fully saturated rings. The molecule has 12 heteroatoms. The molecule has 2 heterocycles. The van der Waals surface area contributed by atoms with Gasteiger partial charge in [-0.3, -0.25) is 4.79 Å². The number of aryl methyl sites for hydroxylation is 2. The molecule has 0 saturated carbocycles. The quantitative estimate of drug-likeness (QED) is 0.0901. The molecule has 5 atom stereocenters. The molecular formula is C46H48N4O6S2. The summed E-state index contributed by atoms with van der Waals surface area (Å²) in [6.07, 6.45) is 2.96. The highest BCUT2D eigenvalue weighted by Gasteiger charge is 2.38. The number of carbonyl (C=O) groups excluding carboxylic acids is 1. The number of imidazole rings is 1. The van der Waals surface area contributed by atoms with Crippen LogP contribution in [-0.2, 0) is 50.9 Å². The fourth-order valence-electron chi connectivity index (χ4n) is 6.97. The summed E-state index contributed by atoms with van der Waals surface area (Å²) in [4.78, 5) is 18.2. The number of benzene rings is 5. The minimum atomic E-state index is -3.96. The van der Waals surface area contributed by atoms with Crippen LogP contribution >= 0.6 is 11.8 Å². The van der Waals surface area contributed by atoms with Gasteiger partial charge in [0.05, 0.1) is 23.7 Å². The monoisotopic (exact) mass is 816 g/mol. The van der Waals surface area contributed by atoms with Crippen LogP contribution in [-0.4, -0.2) is 46.9 Å². The van der Waals surface area contributed by atoms with E-state index in [1.165, 1.54) is 0 Å². The van der Waals surface area contributed by atoms with Crippen molar-refractivity contribution in [1.29, 1.82) is 0 Å². The normalized spacial score (nSPS) is 18.8. The number of nitrogens with zero attached hydrogens (tertiary/aromatic N) is 2. The van der Waals surface area contributed by atoms with Crippen molar-refractivity contribution >= 4 is 27.7 Å². The molecule has 1 aliphatic heterocycles. The molecule has 7 rings (SSSR count). The zero-order valence-corrected chi connectivity index (χ0v) is 34.3. The van der Waals surface area contributed by atoms with E-state index in [2.05, 4.69) is 21.9 Å². The number of hydrogen-bond donors (Lipinski definition) is 3. The van der Waals surface area contributed by atoms with Crippen molar-refractivity contribution in [2.75, 3.05) is 5.75 Å². The zero-order chi connectivity index (χ0) is 40.6. The van der Waals surface area contributed by atoms with Crippen LogP contribution in [0.4, 0.5) is 0 Å². The number of sulfonamides is 1. The van der Waals surface area contributed by atoms with Crippen LogP contribution in [0, 0.1) is 12.8 Å². The number of thioether (sulfide) groups is 1. The number of aliphatic hydroxyl groups excluding tert-OH is 1. The van der Waals surface area contributed by atoms with E-state index in [1.807, 2.05) is 128 Å². The maximum Gasteiger partial charge on any atom is 0.241 e. The molecule has 0 aliphatic carbocycles. The molecule has 5 aromatic carbocycles. The van der Waals surface area contributed by atoms with E-state index in [0.29, 0.717) is 5.75 Å². The van der Waals surface area contributed by atoms with Gasteiger partial charge in [0.1, 0.15) is 6.04 Å². The van der Waals surface area contributed by atoms with Crippen LogP contribution in [0.15, 0.2) is 150 Å². The van der Waals surface area contributed by atoms with Gasteiger partial charge < -0.3 is 24.5 Å². The van der Waals surface area contributed by atoms with Gasteiger partial charge in [0.2, 0.25) is 15.9 Å². The van der Waals surface area contributed by atoms with E-state index >= 15 is 0 Å². The molecule has 58 heavy (non-hydrogen) atoms. The number of aliphatic hydroxyl groups is 1. The molecule has 10 nitrogen and oxygen atoms in total. The summed E-state index contributed by atoms with van der Waals surface area (Å²) >= 11 is 1.66. The second-order valence-electron chi connectivity index (χ2n) is 14.7. The lowest BCUT2D eigenvalue weighted by atomic mass is 9.91. The smallest absolute Gasteiger partial charge is 0.241 e. The molecule has 0 spiro atoms. The van der Waals surface area contributed by atoms with Gasteiger partial charge in [-0.05, 0) is 64.9 Å². The Morgan fingerprint density at radius 2 is 1.55 bits per heavy atom. The first kappa shape index (κ1) is 41.1. The van der Waals surface area contributed by atoms with E-state index in [0.717, 1.165) is 49.7 Å². The molecule has 300 valence electrons. The predicted molar refractivity (Wildman–Crippen MR) is 226 cm³/mol. The third-order valence-electron chi connectivity index (χ3n) is 10.4. The van der Waals surface area contributed by atoms with Gasteiger partial charge in [0, 0.05) is 43.2 Å². The Hall–Kier alpha value is -5.08. The first-order valence-corrected chi connectivity index (χ1v) is 21.7. The predicted octanol–water partition coefficient (Wildman–Crippen LogP) is 7.68. The van der Waals surface area contributed by atoms with Gasteiger partial charge >= 0.3 is 0 Å². The van der Waals surface area contributed by atoms with E-state index in [4.69, 9.17) is 9.47 Å². The van der Waals surface area contributed by atoms with Crippen molar-refractivity contribution < 1.29 is 27.8 Å². The Kier molecular flexibility index (Phi) is 13.2. The topological polar surface area (TPSA) is 132 Å². The number of aromatic nitrogens is 2. The molecule has 1 saturated heterocycles. The average Bonchev–Trinajstić information content (AvgIpc) is 3.66. The van der Waals surface area contributed by atoms with Crippen LogP contribution in [0.3, 0.4) is 0 Å². The number of nitrogens with one attached hydrogen (secondary N) is 2. The summed E-state index contributed by atoms with van der Waals surface area (Å²) in [7, 11) is -1.98. The van der Waals surface area contributed by atoms with E-state index < -0.39 is 28.3 Å². The summed E-state index contributed by atoms with van der Waals surface area (Å²) in [6, 6.07) is 38.8. The van der Waals surface area contributed by atoms with Gasteiger partial charge in [0.25, 0.3) is 0 Å². The fraction of sp³-hybridized carbons (Fsp3) is 0.261.